The van der Waals surface area contributed by atoms with E-state index in [2.05, 4.69) is 26.0 Å². The number of aliphatic hydroxyl groups is 1. The van der Waals surface area contributed by atoms with Crippen molar-refractivity contribution < 1.29 is 5.11 Å². The minimum Gasteiger partial charge on any atom is -0.393 e. The van der Waals surface area contributed by atoms with Crippen LogP contribution in [0, 0.1) is 0 Å². The molecule has 0 aliphatic heterocycles. The zero-order valence-corrected chi connectivity index (χ0v) is 16.2. The molecule has 23 heavy (non-hydrogen) atoms. The van der Waals surface area contributed by atoms with Crippen LogP contribution in [0.3, 0.4) is 0 Å². The van der Waals surface area contributed by atoms with Crippen molar-refractivity contribution in [3.8, 4) is 0 Å². The summed E-state index contributed by atoms with van der Waals surface area (Å²) in [6, 6.07) is 0. The Hall–Kier alpha value is -0.300. The summed E-state index contributed by atoms with van der Waals surface area (Å²) in [6.07, 6.45) is 26.8. The van der Waals surface area contributed by atoms with Crippen LogP contribution in [0.5, 0.6) is 0 Å². The Labute approximate surface area is 147 Å². The van der Waals surface area contributed by atoms with E-state index in [4.69, 9.17) is 0 Å². The summed E-state index contributed by atoms with van der Waals surface area (Å²) in [5.74, 6) is 0. The molecule has 0 aliphatic rings. The fraction of sp³-hybridized carbons (Fsp3) is 0.909. The molecule has 1 nitrogen and oxygen atoms in total. The number of hydrogen-bond acceptors (Lipinski definition) is 1. The average molecular weight is 325 g/mol. The highest BCUT2D eigenvalue weighted by molar-refractivity contribution is 4.81. The van der Waals surface area contributed by atoms with Crippen molar-refractivity contribution in [3.05, 3.63) is 12.2 Å². The Morgan fingerprint density at radius 1 is 0.565 bits per heavy atom. The van der Waals surface area contributed by atoms with Crippen LogP contribution in [0.25, 0.3) is 0 Å². The maximum Gasteiger partial charge on any atom is 0.0540 e. The average Bonchev–Trinajstić information content (AvgIpc) is 2.54. The Kier molecular flexibility index (Phi) is 19.5. The topological polar surface area (TPSA) is 20.2 Å². The van der Waals surface area contributed by atoms with Crippen LogP contribution in [0.1, 0.15) is 123 Å². The lowest BCUT2D eigenvalue weighted by Gasteiger charge is -2.08. The Bertz CT molecular complexity index is 234. The second kappa shape index (κ2) is 19.7. The molecule has 0 spiro atoms. The zero-order chi connectivity index (χ0) is 17.0. The number of aliphatic hydroxyl groups excluding tert-OH is 1. The van der Waals surface area contributed by atoms with Gasteiger partial charge in [0.1, 0.15) is 0 Å². The van der Waals surface area contributed by atoms with E-state index in [-0.39, 0.29) is 6.10 Å². The first kappa shape index (κ1) is 22.7. The molecule has 0 aromatic rings. The number of rotatable bonds is 18. The van der Waals surface area contributed by atoms with Crippen molar-refractivity contribution in [1.29, 1.82) is 0 Å². The third-order valence-electron chi connectivity index (χ3n) is 4.67. The van der Waals surface area contributed by atoms with Crippen molar-refractivity contribution in [2.75, 3.05) is 0 Å². The van der Waals surface area contributed by atoms with Crippen molar-refractivity contribution in [3.63, 3.8) is 0 Å². The van der Waals surface area contributed by atoms with Gasteiger partial charge >= 0.3 is 0 Å². The minimum atomic E-state index is -0.0446. The molecule has 0 saturated heterocycles. The summed E-state index contributed by atoms with van der Waals surface area (Å²) in [7, 11) is 0. The number of allylic oxidation sites excluding steroid dienone is 2. The van der Waals surface area contributed by atoms with Gasteiger partial charge in [-0.05, 0) is 38.5 Å². The molecule has 0 aromatic carbocycles. The van der Waals surface area contributed by atoms with Crippen molar-refractivity contribution in [1.82, 2.24) is 0 Å². The van der Waals surface area contributed by atoms with Gasteiger partial charge in [-0.15, -0.1) is 0 Å². The lowest BCUT2D eigenvalue weighted by molar-refractivity contribution is 0.150. The van der Waals surface area contributed by atoms with E-state index in [1.165, 1.54) is 89.9 Å². The maximum absolute atomic E-state index is 9.66. The molecule has 0 radical (unpaired) electrons. The third kappa shape index (κ3) is 19.7. The summed E-state index contributed by atoms with van der Waals surface area (Å²) < 4.78 is 0. The monoisotopic (exact) mass is 324 g/mol. The van der Waals surface area contributed by atoms with Crippen molar-refractivity contribution in [2.45, 2.75) is 129 Å². The van der Waals surface area contributed by atoms with Crippen LogP contribution in [0.2, 0.25) is 0 Å². The lowest BCUT2D eigenvalue weighted by atomic mass is 10.0. The molecule has 0 fully saturated rings. The van der Waals surface area contributed by atoms with Gasteiger partial charge in [0, 0.05) is 0 Å². The smallest absolute Gasteiger partial charge is 0.0540 e. The molecule has 0 aromatic heterocycles. The molecule has 0 heterocycles. The van der Waals surface area contributed by atoms with E-state index < -0.39 is 0 Å². The van der Waals surface area contributed by atoms with Gasteiger partial charge in [0.05, 0.1) is 6.10 Å². The van der Waals surface area contributed by atoms with Gasteiger partial charge in [0.2, 0.25) is 0 Å². The fourth-order valence-electron chi connectivity index (χ4n) is 3.11. The summed E-state index contributed by atoms with van der Waals surface area (Å²) in [4.78, 5) is 0. The Balaban J connectivity index is 3.10. The summed E-state index contributed by atoms with van der Waals surface area (Å²) >= 11 is 0. The van der Waals surface area contributed by atoms with E-state index >= 15 is 0 Å². The first-order valence-corrected chi connectivity index (χ1v) is 10.6. The molecule has 1 unspecified atom stereocenters. The zero-order valence-electron chi connectivity index (χ0n) is 16.2. The normalized spacial score (nSPS) is 13.0. The van der Waals surface area contributed by atoms with E-state index in [1.807, 2.05) is 0 Å². The second-order valence-electron chi connectivity index (χ2n) is 7.17. The number of hydrogen-bond donors (Lipinski definition) is 1. The minimum absolute atomic E-state index is 0.0446. The highest BCUT2D eigenvalue weighted by atomic mass is 16.3. The van der Waals surface area contributed by atoms with Gasteiger partial charge in [0.15, 0.2) is 0 Å². The highest BCUT2D eigenvalue weighted by Crippen LogP contribution is 2.12. The predicted molar refractivity (Wildman–Crippen MR) is 105 cm³/mol. The van der Waals surface area contributed by atoms with Gasteiger partial charge in [-0.3, -0.25) is 0 Å². The molecule has 1 atom stereocenters. The number of unbranched alkanes of at least 4 members (excludes halogenated alkanes) is 12. The van der Waals surface area contributed by atoms with Crippen LogP contribution in [0.4, 0.5) is 0 Å². The third-order valence-corrected chi connectivity index (χ3v) is 4.67. The van der Waals surface area contributed by atoms with Crippen molar-refractivity contribution >= 4 is 0 Å². The summed E-state index contributed by atoms with van der Waals surface area (Å²) in [6.45, 7) is 4.42. The molecule has 0 aliphatic carbocycles. The molecular formula is C22H44O. The second-order valence-corrected chi connectivity index (χ2v) is 7.17. The summed E-state index contributed by atoms with van der Waals surface area (Å²) in [5.41, 5.74) is 0. The molecule has 138 valence electrons. The highest BCUT2D eigenvalue weighted by Gasteiger charge is 2.01. The molecule has 1 heteroatoms. The van der Waals surface area contributed by atoms with Crippen LogP contribution in [-0.2, 0) is 0 Å². The molecule has 1 N–H and O–H groups in total. The molecule has 0 rings (SSSR count). The van der Waals surface area contributed by atoms with Gasteiger partial charge in [-0.25, -0.2) is 0 Å². The lowest BCUT2D eigenvalue weighted by Crippen LogP contribution is -2.04. The maximum atomic E-state index is 9.66. The SMILES string of the molecule is CCCCCCCC/C=C\CCCCCCCCC(O)CCC. The first-order chi connectivity index (χ1) is 11.3. The van der Waals surface area contributed by atoms with E-state index in [0.29, 0.717) is 0 Å². The van der Waals surface area contributed by atoms with Crippen molar-refractivity contribution in [2.24, 2.45) is 0 Å². The quantitative estimate of drug-likeness (QED) is 0.203. The van der Waals surface area contributed by atoms with Gasteiger partial charge in [-0.2, -0.15) is 0 Å². The van der Waals surface area contributed by atoms with Gasteiger partial charge < -0.3 is 5.11 Å². The van der Waals surface area contributed by atoms with Crippen LogP contribution >= 0.6 is 0 Å². The van der Waals surface area contributed by atoms with Gasteiger partial charge in [0.25, 0.3) is 0 Å². The van der Waals surface area contributed by atoms with E-state index in [9.17, 15) is 5.11 Å². The molecule has 0 amide bonds. The van der Waals surface area contributed by atoms with Crippen LogP contribution in [-0.4, -0.2) is 11.2 Å². The summed E-state index contributed by atoms with van der Waals surface area (Å²) in [5, 5.41) is 9.66. The largest absolute Gasteiger partial charge is 0.393 e. The molecule has 0 bridgehead atoms. The predicted octanol–water partition coefficient (Wildman–Crippen LogP) is 7.58. The Morgan fingerprint density at radius 2 is 1.04 bits per heavy atom. The fourth-order valence-corrected chi connectivity index (χ4v) is 3.11. The van der Waals surface area contributed by atoms with E-state index in [0.717, 1.165) is 19.3 Å². The van der Waals surface area contributed by atoms with E-state index in [1.54, 1.807) is 0 Å². The molecular weight excluding hydrogens is 280 g/mol. The van der Waals surface area contributed by atoms with Gasteiger partial charge in [-0.1, -0.05) is 96.6 Å². The van der Waals surface area contributed by atoms with Crippen LogP contribution in [0.15, 0.2) is 12.2 Å². The first-order valence-electron chi connectivity index (χ1n) is 10.6. The van der Waals surface area contributed by atoms with Crippen LogP contribution < -0.4 is 0 Å². The standard InChI is InChI=1S/C22H44O/c1-3-5-6-7-8-9-10-11-12-13-14-15-16-17-18-19-21-22(23)20-4-2/h11-12,22-23H,3-10,13-21H2,1-2H3/b12-11-. The Morgan fingerprint density at radius 3 is 1.57 bits per heavy atom. The molecule has 0 saturated carbocycles.